The van der Waals surface area contributed by atoms with Crippen LogP contribution >= 0.6 is 11.3 Å². The number of hydrogen-bond acceptors (Lipinski definition) is 7. The van der Waals surface area contributed by atoms with Crippen LogP contribution in [0.3, 0.4) is 0 Å². The number of ether oxygens (including phenoxy) is 1. The van der Waals surface area contributed by atoms with Gasteiger partial charge in [0.2, 0.25) is 0 Å². The van der Waals surface area contributed by atoms with Crippen LogP contribution in [0, 0.1) is 17.7 Å². The van der Waals surface area contributed by atoms with E-state index in [1.165, 1.54) is 34.1 Å². The van der Waals surface area contributed by atoms with Gasteiger partial charge in [-0.2, -0.15) is 0 Å². The fourth-order valence-electron chi connectivity index (χ4n) is 5.18. The first kappa shape index (κ1) is 27.6. The fraction of sp³-hybridized carbons (Fsp3) is 0.219. The Morgan fingerprint density at radius 1 is 1.12 bits per heavy atom. The van der Waals surface area contributed by atoms with Crippen LogP contribution in [-0.2, 0) is 22.6 Å². The predicted molar refractivity (Wildman–Crippen MR) is 156 cm³/mol. The monoisotopic (exact) mass is 582 g/mol. The Bertz CT molecular complexity index is 1680. The van der Waals surface area contributed by atoms with Crippen molar-refractivity contribution in [3.8, 4) is 17.6 Å². The predicted octanol–water partition coefficient (Wildman–Crippen LogP) is 4.56. The van der Waals surface area contributed by atoms with E-state index in [1.54, 1.807) is 17.5 Å². The number of phenolic OH excluding ortho intramolecular Hbond substituents is 1. The second-order valence-electron chi connectivity index (χ2n) is 10.0. The molecule has 0 spiro atoms. The van der Waals surface area contributed by atoms with Gasteiger partial charge in [0.25, 0.3) is 11.8 Å². The van der Waals surface area contributed by atoms with Crippen molar-refractivity contribution in [3.63, 3.8) is 0 Å². The minimum Gasteiger partial charge on any atom is -0.508 e. The number of amides is 2. The molecule has 10 heteroatoms. The van der Waals surface area contributed by atoms with Crippen molar-refractivity contribution in [2.45, 2.75) is 19.1 Å². The maximum Gasteiger partial charge on any atom is 0.255 e. The zero-order valence-electron chi connectivity index (χ0n) is 22.5. The molecule has 2 aliphatic heterocycles. The van der Waals surface area contributed by atoms with Crippen LogP contribution in [0.1, 0.15) is 44.2 Å². The highest BCUT2D eigenvalue weighted by Gasteiger charge is 2.40. The molecule has 1 unspecified atom stereocenters. The molecule has 0 radical (unpaired) electrons. The summed E-state index contributed by atoms with van der Waals surface area (Å²) in [6.45, 7) is 4.27. The molecule has 1 fully saturated rings. The molecule has 2 amide bonds. The van der Waals surface area contributed by atoms with Gasteiger partial charge in [-0.3, -0.25) is 19.8 Å². The van der Waals surface area contributed by atoms with E-state index in [0.29, 0.717) is 21.8 Å². The molecule has 212 valence electrons. The number of nitrogens with one attached hydrogen (secondary N) is 1. The van der Waals surface area contributed by atoms with Gasteiger partial charge in [-0.05, 0) is 53.6 Å². The number of anilines is 1. The lowest BCUT2D eigenvalue weighted by Gasteiger charge is -2.27. The van der Waals surface area contributed by atoms with Crippen LogP contribution in [0.25, 0.3) is 0 Å². The zero-order valence-corrected chi connectivity index (χ0v) is 23.4. The Morgan fingerprint density at radius 3 is 2.69 bits per heavy atom. The summed E-state index contributed by atoms with van der Waals surface area (Å²) in [6.07, 6.45) is 1.54. The normalized spacial score (nSPS) is 15.5. The molecule has 6 rings (SSSR count). The molecule has 2 N–H and O–H groups in total. The van der Waals surface area contributed by atoms with Crippen LogP contribution in [0.5, 0.6) is 5.75 Å². The Balaban J connectivity index is 1.26. The van der Waals surface area contributed by atoms with Crippen molar-refractivity contribution in [2.75, 3.05) is 31.6 Å². The maximum absolute atomic E-state index is 14.3. The van der Waals surface area contributed by atoms with Crippen molar-refractivity contribution in [2.24, 2.45) is 0 Å². The smallest absolute Gasteiger partial charge is 0.255 e. The molecule has 42 heavy (non-hydrogen) atoms. The van der Waals surface area contributed by atoms with Gasteiger partial charge >= 0.3 is 0 Å². The number of rotatable bonds is 6. The van der Waals surface area contributed by atoms with Crippen molar-refractivity contribution < 1.29 is 23.8 Å². The van der Waals surface area contributed by atoms with Gasteiger partial charge in [0.05, 0.1) is 13.2 Å². The lowest BCUT2D eigenvalue weighted by Crippen LogP contribution is -2.37. The third-order valence-electron chi connectivity index (χ3n) is 7.31. The standard InChI is InChI=1S/C32H27FN4O4S/c33-24-10-11-28(38)26(18-24)29(30(39)35-32-34-12-17-42-32)37-20-27-23(2-1-3-25(27)31(37)40)9-8-21-4-6-22(7-5-21)19-36-13-15-41-16-14-36/h1-7,10-12,17-18,29,38H,13-16,19-20H2,(H,34,35,39). The summed E-state index contributed by atoms with van der Waals surface area (Å²) in [6, 6.07) is 15.4. The number of carbonyl (C=O) groups excluding carboxylic acids is 2. The topological polar surface area (TPSA) is 95.0 Å². The van der Waals surface area contributed by atoms with Crippen LogP contribution < -0.4 is 5.32 Å². The lowest BCUT2D eigenvalue weighted by atomic mass is 10.0. The highest BCUT2D eigenvalue weighted by Crippen LogP contribution is 2.37. The third-order valence-corrected chi connectivity index (χ3v) is 8.00. The van der Waals surface area contributed by atoms with E-state index in [2.05, 4.69) is 39.2 Å². The number of morpholine rings is 1. The fourth-order valence-corrected chi connectivity index (χ4v) is 5.72. The van der Waals surface area contributed by atoms with Crippen LogP contribution in [0.15, 0.2) is 72.2 Å². The van der Waals surface area contributed by atoms with Crippen molar-refractivity contribution in [1.82, 2.24) is 14.8 Å². The molecule has 3 aromatic carbocycles. The number of halogens is 1. The summed E-state index contributed by atoms with van der Waals surface area (Å²) in [5, 5.41) is 15.3. The molecule has 4 aromatic rings. The number of thiazole rings is 1. The number of carbonyl (C=O) groups is 2. The maximum atomic E-state index is 14.3. The number of aromatic hydroxyl groups is 1. The van der Waals surface area contributed by atoms with Crippen molar-refractivity contribution in [1.29, 1.82) is 0 Å². The molecule has 0 bridgehead atoms. The summed E-state index contributed by atoms with van der Waals surface area (Å²) >= 11 is 1.21. The largest absolute Gasteiger partial charge is 0.508 e. The van der Waals surface area contributed by atoms with E-state index in [9.17, 15) is 19.1 Å². The Labute approximate surface area is 246 Å². The lowest BCUT2D eigenvalue weighted by molar-refractivity contribution is -0.120. The van der Waals surface area contributed by atoms with Gasteiger partial charge in [-0.1, -0.05) is 30.0 Å². The van der Waals surface area contributed by atoms with Crippen molar-refractivity contribution in [3.05, 3.63) is 111 Å². The van der Waals surface area contributed by atoms with E-state index < -0.39 is 23.7 Å². The Morgan fingerprint density at radius 2 is 1.93 bits per heavy atom. The van der Waals surface area contributed by atoms with Gasteiger partial charge in [-0.25, -0.2) is 9.37 Å². The Kier molecular flexibility index (Phi) is 7.97. The number of nitrogens with zero attached hydrogens (tertiary/aromatic N) is 3. The number of aromatic nitrogens is 1. The molecule has 1 atom stereocenters. The molecular weight excluding hydrogens is 555 g/mol. The van der Waals surface area contributed by atoms with Crippen molar-refractivity contribution >= 4 is 28.3 Å². The molecular formula is C32H27FN4O4S. The van der Waals surface area contributed by atoms with Gasteiger partial charge < -0.3 is 14.7 Å². The highest BCUT2D eigenvalue weighted by molar-refractivity contribution is 7.13. The van der Waals surface area contributed by atoms with Crippen LogP contribution in [0.2, 0.25) is 0 Å². The molecule has 0 saturated carbocycles. The first-order valence-electron chi connectivity index (χ1n) is 13.5. The van der Waals surface area contributed by atoms with E-state index in [1.807, 2.05) is 18.2 Å². The van der Waals surface area contributed by atoms with E-state index in [0.717, 1.165) is 50.5 Å². The average molecular weight is 583 g/mol. The highest BCUT2D eigenvalue weighted by atomic mass is 32.1. The number of fused-ring (bicyclic) bond motifs is 1. The second-order valence-corrected chi connectivity index (χ2v) is 10.9. The van der Waals surface area contributed by atoms with Crippen LogP contribution in [0.4, 0.5) is 9.52 Å². The molecule has 1 saturated heterocycles. The van der Waals surface area contributed by atoms with Gasteiger partial charge in [-0.15, -0.1) is 11.3 Å². The van der Waals surface area contributed by atoms with E-state index in [-0.39, 0.29) is 17.9 Å². The Hall–Kier alpha value is -4.56. The number of phenols is 1. The van der Waals surface area contributed by atoms with E-state index in [4.69, 9.17) is 4.74 Å². The summed E-state index contributed by atoms with van der Waals surface area (Å²) in [4.78, 5) is 34.9. The quantitative estimate of drug-likeness (QED) is 0.324. The van der Waals surface area contributed by atoms with Gasteiger partial charge in [0.1, 0.15) is 17.6 Å². The summed E-state index contributed by atoms with van der Waals surface area (Å²) in [5.41, 5.74) is 3.75. The number of hydrogen-bond donors (Lipinski definition) is 2. The average Bonchev–Trinajstić information content (AvgIpc) is 3.63. The zero-order chi connectivity index (χ0) is 29.1. The first-order chi connectivity index (χ1) is 20.5. The summed E-state index contributed by atoms with van der Waals surface area (Å²) in [7, 11) is 0. The summed E-state index contributed by atoms with van der Waals surface area (Å²) < 4.78 is 19.7. The number of benzene rings is 3. The van der Waals surface area contributed by atoms with Gasteiger partial charge in [0.15, 0.2) is 5.13 Å². The first-order valence-corrected chi connectivity index (χ1v) is 14.4. The SMILES string of the molecule is O=C(Nc1nccs1)C(c1cc(F)ccc1O)N1Cc2c(C#Cc3ccc(CN4CCOCC4)cc3)cccc2C1=O. The third kappa shape index (κ3) is 5.90. The minimum absolute atomic E-state index is 0.0185. The van der Waals surface area contributed by atoms with E-state index >= 15 is 0 Å². The molecule has 1 aromatic heterocycles. The van der Waals surface area contributed by atoms with Gasteiger partial charge in [0, 0.05) is 60.0 Å². The summed E-state index contributed by atoms with van der Waals surface area (Å²) in [5.74, 6) is 4.43. The second kappa shape index (κ2) is 12.1. The molecule has 8 nitrogen and oxygen atoms in total. The molecule has 3 heterocycles. The van der Waals surface area contributed by atoms with Crippen LogP contribution in [-0.4, -0.2) is 58.0 Å². The molecule has 2 aliphatic rings. The minimum atomic E-state index is -1.30. The molecule has 0 aliphatic carbocycles.